The van der Waals surface area contributed by atoms with Crippen LogP contribution in [0.1, 0.15) is 32.8 Å². The van der Waals surface area contributed by atoms with Crippen LogP contribution in [0.4, 0.5) is 16.2 Å². The Hall–Kier alpha value is -3.55. The van der Waals surface area contributed by atoms with Crippen LogP contribution in [0.25, 0.3) is 0 Å². The average molecular weight is 440 g/mol. The highest BCUT2D eigenvalue weighted by molar-refractivity contribution is 6.02. The number of nitrogens with one attached hydrogen (secondary N) is 1. The molecule has 0 aromatic heterocycles. The van der Waals surface area contributed by atoms with Crippen LogP contribution >= 0.6 is 0 Å². The van der Waals surface area contributed by atoms with Crippen LogP contribution in [0, 0.1) is 0 Å². The Morgan fingerprint density at radius 3 is 2.59 bits per heavy atom. The van der Waals surface area contributed by atoms with E-state index >= 15 is 0 Å². The van der Waals surface area contributed by atoms with Gasteiger partial charge in [-0.05, 0) is 57.4 Å². The Kier molecular flexibility index (Phi) is 7.35. The van der Waals surface area contributed by atoms with Gasteiger partial charge in [0, 0.05) is 5.69 Å². The Bertz CT molecular complexity index is 968. The molecule has 2 aromatic rings. The number of rotatable bonds is 7. The highest BCUT2D eigenvalue weighted by Crippen LogP contribution is 2.34. The number of esters is 1. The lowest BCUT2D eigenvalue weighted by atomic mass is 10.1. The van der Waals surface area contributed by atoms with Gasteiger partial charge in [-0.3, -0.25) is 19.8 Å². The van der Waals surface area contributed by atoms with Crippen LogP contribution < -0.4 is 15.0 Å². The molecule has 1 aliphatic rings. The number of ether oxygens (including phenoxy) is 3. The number of hydrogen-bond donors (Lipinski definition) is 1. The fourth-order valence-electron chi connectivity index (χ4n) is 3.16. The Balaban J connectivity index is 1.59. The van der Waals surface area contributed by atoms with Crippen molar-refractivity contribution in [3.63, 3.8) is 0 Å². The molecule has 0 radical (unpaired) electrons. The first-order chi connectivity index (χ1) is 15.2. The third-order valence-corrected chi connectivity index (χ3v) is 4.55. The van der Waals surface area contributed by atoms with Gasteiger partial charge in [0.05, 0.1) is 12.3 Å². The molecule has 0 atom stereocenters. The van der Waals surface area contributed by atoms with Gasteiger partial charge in [-0.15, -0.1) is 0 Å². The quantitative estimate of drug-likeness (QED) is 0.518. The Labute approximate surface area is 187 Å². The van der Waals surface area contributed by atoms with E-state index in [1.807, 2.05) is 30.3 Å². The summed E-state index contributed by atoms with van der Waals surface area (Å²) < 4.78 is 16.0. The SMILES string of the molecule is CC(C)(C)OC(=O)Nc1ccc2c(c1)N(CC(=O)OCCCc1ccccc1)C(=O)CO2. The number of carbonyl (C=O) groups is 3. The van der Waals surface area contributed by atoms with E-state index in [-0.39, 0.29) is 25.7 Å². The Morgan fingerprint density at radius 1 is 1.12 bits per heavy atom. The summed E-state index contributed by atoms with van der Waals surface area (Å²) in [5.74, 6) is -0.436. The summed E-state index contributed by atoms with van der Waals surface area (Å²) in [7, 11) is 0. The largest absolute Gasteiger partial charge is 0.482 e. The van der Waals surface area contributed by atoms with Crippen molar-refractivity contribution in [2.24, 2.45) is 0 Å². The van der Waals surface area contributed by atoms with Gasteiger partial charge in [0.2, 0.25) is 0 Å². The van der Waals surface area contributed by atoms with Gasteiger partial charge in [0.25, 0.3) is 5.91 Å². The van der Waals surface area contributed by atoms with Crippen molar-refractivity contribution in [2.75, 3.05) is 30.0 Å². The lowest BCUT2D eigenvalue weighted by molar-refractivity contribution is -0.143. The van der Waals surface area contributed by atoms with Gasteiger partial charge in [0.15, 0.2) is 6.61 Å². The van der Waals surface area contributed by atoms with Crippen LogP contribution in [-0.2, 0) is 25.5 Å². The zero-order valence-corrected chi connectivity index (χ0v) is 18.6. The summed E-state index contributed by atoms with van der Waals surface area (Å²) in [6.07, 6.45) is 0.866. The number of aryl methyl sites for hydroxylation is 1. The normalized spacial score (nSPS) is 13.1. The minimum absolute atomic E-state index is 0.173. The van der Waals surface area contributed by atoms with E-state index in [1.54, 1.807) is 39.0 Å². The molecule has 2 amide bonds. The second-order valence-electron chi connectivity index (χ2n) is 8.39. The molecule has 0 aliphatic carbocycles. The standard InChI is InChI=1S/C24H28N2O6/c1-24(2,3)32-23(29)25-18-11-12-20-19(14-18)26(21(27)16-31-20)15-22(28)30-13-7-10-17-8-5-4-6-9-17/h4-6,8-9,11-12,14H,7,10,13,15-16H2,1-3H3,(H,25,29). The number of amides is 2. The van der Waals surface area contributed by atoms with E-state index in [9.17, 15) is 14.4 Å². The van der Waals surface area contributed by atoms with Crippen LogP contribution in [0.5, 0.6) is 5.75 Å². The maximum atomic E-state index is 12.4. The molecule has 1 heterocycles. The molecule has 170 valence electrons. The van der Waals surface area contributed by atoms with E-state index < -0.39 is 17.7 Å². The first-order valence-corrected chi connectivity index (χ1v) is 10.5. The van der Waals surface area contributed by atoms with Crippen molar-refractivity contribution in [3.05, 3.63) is 54.1 Å². The molecule has 1 N–H and O–H groups in total. The topological polar surface area (TPSA) is 94.2 Å². The van der Waals surface area contributed by atoms with Crippen molar-refractivity contribution in [1.82, 2.24) is 0 Å². The molecular weight excluding hydrogens is 412 g/mol. The molecule has 0 bridgehead atoms. The molecule has 0 unspecified atom stereocenters. The van der Waals surface area contributed by atoms with Gasteiger partial charge in [0.1, 0.15) is 17.9 Å². The number of nitrogens with zero attached hydrogens (tertiary/aromatic N) is 1. The second-order valence-corrected chi connectivity index (χ2v) is 8.39. The number of hydrogen-bond acceptors (Lipinski definition) is 6. The highest BCUT2D eigenvalue weighted by atomic mass is 16.6. The first kappa shape index (κ1) is 23.1. The van der Waals surface area contributed by atoms with Crippen LogP contribution in [0.3, 0.4) is 0 Å². The van der Waals surface area contributed by atoms with Crippen LogP contribution in [0.15, 0.2) is 48.5 Å². The van der Waals surface area contributed by atoms with Crippen molar-refractivity contribution in [2.45, 2.75) is 39.2 Å². The summed E-state index contributed by atoms with van der Waals surface area (Å²) in [4.78, 5) is 38.1. The van der Waals surface area contributed by atoms with E-state index in [0.29, 0.717) is 23.5 Å². The number of benzene rings is 2. The van der Waals surface area contributed by atoms with E-state index in [0.717, 1.165) is 6.42 Å². The monoisotopic (exact) mass is 440 g/mol. The number of anilines is 2. The van der Waals surface area contributed by atoms with Gasteiger partial charge in [-0.2, -0.15) is 0 Å². The summed E-state index contributed by atoms with van der Waals surface area (Å²) in [5.41, 5.74) is 1.33. The third-order valence-electron chi connectivity index (χ3n) is 4.55. The van der Waals surface area contributed by atoms with E-state index in [1.165, 1.54) is 10.5 Å². The molecule has 32 heavy (non-hydrogen) atoms. The predicted molar refractivity (Wildman–Crippen MR) is 120 cm³/mol. The van der Waals surface area contributed by atoms with Crippen LogP contribution in [0.2, 0.25) is 0 Å². The minimum Gasteiger partial charge on any atom is -0.482 e. The van der Waals surface area contributed by atoms with E-state index in [4.69, 9.17) is 14.2 Å². The smallest absolute Gasteiger partial charge is 0.412 e. The van der Waals surface area contributed by atoms with Crippen LogP contribution in [-0.4, -0.2) is 43.3 Å². The number of carbonyl (C=O) groups excluding carboxylic acids is 3. The molecule has 0 saturated heterocycles. The zero-order chi connectivity index (χ0) is 23.1. The predicted octanol–water partition coefficient (Wildman–Crippen LogP) is 3.94. The fourth-order valence-corrected chi connectivity index (χ4v) is 3.16. The summed E-state index contributed by atoms with van der Waals surface area (Å²) >= 11 is 0. The lowest BCUT2D eigenvalue weighted by Gasteiger charge is -2.29. The van der Waals surface area contributed by atoms with Crippen molar-refractivity contribution in [3.8, 4) is 5.75 Å². The van der Waals surface area contributed by atoms with Gasteiger partial charge in [-0.25, -0.2) is 4.79 Å². The maximum absolute atomic E-state index is 12.4. The molecule has 0 spiro atoms. The molecule has 2 aromatic carbocycles. The Morgan fingerprint density at radius 2 is 1.88 bits per heavy atom. The highest BCUT2D eigenvalue weighted by Gasteiger charge is 2.28. The molecule has 3 rings (SSSR count). The molecule has 0 fully saturated rings. The van der Waals surface area contributed by atoms with Crippen molar-refractivity contribution in [1.29, 1.82) is 0 Å². The van der Waals surface area contributed by atoms with Gasteiger partial charge in [-0.1, -0.05) is 30.3 Å². The van der Waals surface area contributed by atoms with E-state index in [2.05, 4.69) is 5.32 Å². The fraction of sp³-hybridized carbons (Fsp3) is 0.375. The molecule has 0 saturated carbocycles. The molecular formula is C24H28N2O6. The molecule has 1 aliphatic heterocycles. The average Bonchev–Trinajstić information content (AvgIpc) is 2.73. The summed E-state index contributed by atoms with van der Waals surface area (Å²) in [6, 6.07) is 14.8. The summed E-state index contributed by atoms with van der Waals surface area (Å²) in [5, 5.41) is 2.62. The lowest BCUT2D eigenvalue weighted by Crippen LogP contribution is -2.42. The van der Waals surface area contributed by atoms with Gasteiger partial charge >= 0.3 is 12.1 Å². The third kappa shape index (κ3) is 6.73. The second kappa shape index (κ2) is 10.2. The zero-order valence-electron chi connectivity index (χ0n) is 18.6. The molecule has 8 nitrogen and oxygen atoms in total. The van der Waals surface area contributed by atoms with Gasteiger partial charge < -0.3 is 14.2 Å². The first-order valence-electron chi connectivity index (χ1n) is 10.5. The van der Waals surface area contributed by atoms with Crippen molar-refractivity contribution < 1.29 is 28.6 Å². The van der Waals surface area contributed by atoms with Crippen molar-refractivity contribution >= 4 is 29.3 Å². The minimum atomic E-state index is -0.645. The number of fused-ring (bicyclic) bond motifs is 1. The molecule has 8 heteroatoms. The summed E-state index contributed by atoms with van der Waals surface area (Å²) in [6.45, 7) is 5.14. The maximum Gasteiger partial charge on any atom is 0.412 e.